The van der Waals surface area contributed by atoms with Gasteiger partial charge in [0.2, 0.25) is 0 Å². The van der Waals surface area contributed by atoms with Crippen molar-refractivity contribution in [1.29, 1.82) is 0 Å². The summed E-state index contributed by atoms with van der Waals surface area (Å²) >= 11 is 1.65. The number of aryl methyl sites for hydroxylation is 2. The molecule has 3 aromatic rings. The SMILES string of the molecule is Cc1nc2sc(Cc3ccon3)c(C)n2c1N. The summed E-state index contributed by atoms with van der Waals surface area (Å²) in [6, 6.07) is 1.87. The van der Waals surface area contributed by atoms with Crippen LogP contribution < -0.4 is 5.73 Å². The largest absolute Gasteiger partial charge is 0.383 e. The van der Waals surface area contributed by atoms with Crippen molar-refractivity contribution in [2.45, 2.75) is 20.3 Å². The van der Waals surface area contributed by atoms with Gasteiger partial charge in [-0.05, 0) is 13.8 Å². The minimum Gasteiger partial charge on any atom is -0.383 e. The van der Waals surface area contributed by atoms with Crippen LogP contribution in [0.5, 0.6) is 0 Å². The number of nitrogens with zero attached hydrogens (tertiary/aromatic N) is 3. The topological polar surface area (TPSA) is 69.3 Å². The Balaban J connectivity index is 2.09. The number of nitrogen functional groups attached to an aromatic ring is 1. The number of thiazole rings is 1. The summed E-state index contributed by atoms with van der Waals surface area (Å²) in [6.45, 7) is 3.97. The minimum absolute atomic E-state index is 0.722. The van der Waals surface area contributed by atoms with Gasteiger partial charge in [0, 0.05) is 23.1 Å². The van der Waals surface area contributed by atoms with Crippen LogP contribution in [0.1, 0.15) is 22.0 Å². The molecule has 0 aliphatic carbocycles. The van der Waals surface area contributed by atoms with Crippen molar-refractivity contribution < 1.29 is 4.52 Å². The molecule has 0 aliphatic rings. The molecule has 3 rings (SSSR count). The second-order valence-corrected chi connectivity index (χ2v) is 5.04. The van der Waals surface area contributed by atoms with Crippen LogP contribution >= 0.6 is 11.3 Å². The molecule has 0 aliphatic heterocycles. The van der Waals surface area contributed by atoms with Crippen LogP contribution in [0.2, 0.25) is 0 Å². The van der Waals surface area contributed by atoms with Gasteiger partial charge in [-0.3, -0.25) is 4.40 Å². The standard InChI is InChI=1S/C11H12N4OS/c1-6-10(12)15-7(2)9(17-11(15)13-6)5-8-3-4-16-14-8/h3-4H,5,12H2,1-2H3. The summed E-state index contributed by atoms with van der Waals surface area (Å²) in [6.07, 6.45) is 2.34. The van der Waals surface area contributed by atoms with Crippen molar-refractivity contribution in [3.63, 3.8) is 0 Å². The molecule has 0 radical (unpaired) electrons. The lowest BCUT2D eigenvalue weighted by molar-refractivity contribution is 0.413. The van der Waals surface area contributed by atoms with Crippen molar-refractivity contribution in [1.82, 2.24) is 14.5 Å². The normalized spacial score (nSPS) is 11.4. The van der Waals surface area contributed by atoms with E-state index in [1.807, 2.05) is 17.4 Å². The summed E-state index contributed by atoms with van der Waals surface area (Å²) in [7, 11) is 0. The molecule has 2 N–H and O–H groups in total. The Morgan fingerprint density at radius 2 is 2.29 bits per heavy atom. The van der Waals surface area contributed by atoms with Gasteiger partial charge in [0.1, 0.15) is 12.1 Å². The van der Waals surface area contributed by atoms with Crippen LogP contribution in [0.4, 0.5) is 5.82 Å². The average Bonchev–Trinajstić information content (AvgIpc) is 2.94. The molecule has 0 aromatic carbocycles. The molecule has 3 aromatic heterocycles. The number of anilines is 1. The Morgan fingerprint density at radius 1 is 1.47 bits per heavy atom. The summed E-state index contributed by atoms with van der Waals surface area (Å²) in [5, 5.41) is 3.92. The first-order valence-electron chi connectivity index (χ1n) is 5.29. The molecule has 0 atom stereocenters. The summed E-state index contributed by atoms with van der Waals surface area (Å²) in [4.78, 5) is 6.59. The first-order valence-corrected chi connectivity index (χ1v) is 6.10. The molecular formula is C11H12N4OS. The maximum absolute atomic E-state index is 6.00. The van der Waals surface area contributed by atoms with Crippen LogP contribution in [-0.4, -0.2) is 14.5 Å². The number of hydrogen-bond donors (Lipinski definition) is 1. The zero-order valence-electron chi connectivity index (χ0n) is 9.60. The highest BCUT2D eigenvalue weighted by molar-refractivity contribution is 7.17. The number of fused-ring (bicyclic) bond motifs is 1. The van der Waals surface area contributed by atoms with E-state index in [1.54, 1.807) is 17.6 Å². The molecule has 3 heterocycles. The van der Waals surface area contributed by atoms with Crippen molar-refractivity contribution in [3.05, 3.63) is 34.3 Å². The van der Waals surface area contributed by atoms with E-state index in [1.165, 1.54) is 4.88 Å². The number of aromatic nitrogens is 3. The highest BCUT2D eigenvalue weighted by Crippen LogP contribution is 2.28. The summed E-state index contributed by atoms with van der Waals surface area (Å²) in [5.74, 6) is 0.722. The Morgan fingerprint density at radius 3 is 2.94 bits per heavy atom. The molecule has 5 nitrogen and oxygen atoms in total. The molecule has 17 heavy (non-hydrogen) atoms. The second kappa shape index (κ2) is 3.59. The highest BCUT2D eigenvalue weighted by atomic mass is 32.1. The van der Waals surface area contributed by atoms with Crippen LogP contribution in [0.15, 0.2) is 16.9 Å². The van der Waals surface area contributed by atoms with E-state index >= 15 is 0 Å². The van der Waals surface area contributed by atoms with Gasteiger partial charge < -0.3 is 10.3 Å². The third kappa shape index (κ3) is 1.52. The monoisotopic (exact) mass is 248 g/mol. The van der Waals surface area contributed by atoms with Crippen molar-refractivity contribution >= 4 is 22.1 Å². The number of rotatable bonds is 2. The molecule has 0 bridgehead atoms. The average molecular weight is 248 g/mol. The first kappa shape index (κ1) is 10.3. The van der Waals surface area contributed by atoms with Crippen molar-refractivity contribution in [3.8, 4) is 0 Å². The highest BCUT2D eigenvalue weighted by Gasteiger charge is 2.15. The molecule has 0 saturated carbocycles. The molecule has 0 fully saturated rings. The van der Waals surface area contributed by atoms with Gasteiger partial charge in [0.15, 0.2) is 4.96 Å². The Hall–Kier alpha value is -1.82. The van der Waals surface area contributed by atoms with E-state index < -0.39 is 0 Å². The maximum Gasteiger partial charge on any atom is 0.196 e. The Labute approximate surface area is 102 Å². The number of nitrogens with two attached hydrogens (primary N) is 1. The fourth-order valence-electron chi connectivity index (χ4n) is 1.87. The van der Waals surface area contributed by atoms with Gasteiger partial charge in [-0.1, -0.05) is 5.16 Å². The van der Waals surface area contributed by atoms with Gasteiger partial charge in [-0.2, -0.15) is 0 Å². The maximum atomic E-state index is 6.00. The predicted molar refractivity (Wildman–Crippen MR) is 66.3 cm³/mol. The van der Waals surface area contributed by atoms with Gasteiger partial charge in [-0.15, -0.1) is 11.3 Å². The fraction of sp³-hybridized carbons (Fsp3) is 0.273. The summed E-state index contributed by atoms with van der Waals surface area (Å²) in [5.41, 5.74) is 8.94. The zero-order valence-corrected chi connectivity index (χ0v) is 10.4. The van der Waals surface area contributed by atoms with Crippen LogP contribution in [0, 0.1) is 13.8 Å². The Kier molecular flexibility index (Phi) is 2.19. The predicted octanol–water partition coefficient (Wildman–Crippen LogP) is 2.17. The Bertz CT molecular complexity index is 665. The minimum atomic E-state index is 0.722. The van der Waals surface area contributed by atoms with Crippen LogP contribution in [-0.2, 0) is 6.42 Å². The molecule has 0 amide bonds. The third-order valence-electron chi connectivity index (χ3n) is 2.85. The number of hydrogen-bond acceptors (Lipinski definition) is 5. The van der Waals surface area contributed by atoms with E-state index in [9.17, 15) is 0 Å². The fourth-order valence-corrected chi connectivity index (χ4v) is 3.06. The molecule has 88 valence electrons. The van der Waals surface area contributed by atoms with E-state index in [0.717, 1.165) is 34.3 Å². The molecule has 0 unspecified atom stereocenters. The van der Waals surface area contributed by atoms with Gasteiger partial charge in [-0.25, -0.2) is 4.98 Å². The first-order chi connectivity index (χ1) is 8.16. The van der Waals surface area contributed by atoms with Crippen molar-refractivity contribution in [2.75, 3.05) is 5.73 Å². The van der Waals surface area contributed by atoms with Crippen LogP contribution in [0.25, 0.3) is 4.96 Å². The molecule has 6 heteroatoms. The van der Waals surface area contributed by atoms with E-state index in [4.69, 9.17) is 10.3 Å². The quantitative estimate of drug-likeness (QED) is 0.754. The van der Waals surface area contributed by atoms with Gasteiger partial charge in [0.25, 0.3) is 0 Å². The lowest BCUT2D eigenvalue weighted by Crippen LogP contribution is -1.96. The van der Waals surface area contributed by atoms with E-state index in [2.05, 4.69) is 17.1 Å². The molecule has 0 saturated heterocycles. The van der Waals surface area contributed by atoms with Gasteiger partial charge >= 0.3 is 0 Å². The van der Waals surface area contributed by atoms with Crippen molar-refractivity contribution in [2.24, 2.45) is 0 Å². The van der Waals surface area contributed by atoms with E-state index in [-0.39, 0.29) is 0 Å². The number of imidazole rings is 1. The lowest BCUT2D eigenvalue weighted by atomic mass is 10.2. The molecule has 0 spiro atoms. The smallest absolute Gasteiger partial charge is 0.196 e. The second-order valence-electron chi connectivity index (χ2n) is 3.98. The summed E-state index contributed by atoms with van der Waals surface area (Å²) < 4.78 is 6.83. The molecular weight excluding hydrogens is 236 g/mol. The van der Waals surface area contributed by atoms with Gasteiger partial charge in [0.05, 0.1) is 11.4 Å². The zero-order chi connectivity index (χ0) is 12.0. The van der Waals surface area contributed by atoms with E-state index in [0.29, 0.717) is 0 Å². The third-order valence-corrected chi connectivity index (χ3v) is 4.00. The van der Waals surface area contributed by atoms with Crippen LogP contribution in [0.3, 0.4) is 0 Å². The lowest BCUT2D eigenvalue weighted by Gasteiger charge is -1.98.